The van der Waals surface area contributed by atoms with Crippen molar-refractivity contribution in [3.8, 4) is 0 Å². The van der Waals surface area contributed by atoms with Crippen LogP contribution in [0, 0.1) is 5.92 Å². The molecule has 0 rings (SSSR count). The van der Waals surface area contributed by atoms with Gasteiger partial charge in [-0.2, -0.15) is 0 Å². The number of ether oxygens (including phenoxy) is 2. The molecule has 0 heterocycles. The van der Waals surface area contributed by atoms with E-state index in [1.54, 1.807) is 0 Å². The Kier molecular flexibility index (Phi) is 7.80. The number of hydrogen-bond acceptors (Lipinski definition) is 3. The van der Waals surface area contributed by atoms with Gasteiger partial charge in [0.15, 0.2) is 0 Å². The van der Waals surface area contributed by atoms with Crippen LogP contribution in [0.1, 0.15) is 27.2 Å². The van der Waals surface area contributed by atoms with Gasteiger partial charge in [-0.25, -0.2) is 4.79 Å². The van der Waals surface area contributed by atoms with Gasteiger partial charge in [-0.05, 0) is 24.5 Å². The van der Waals surface area contributed by atoms with E-state index in [9.17, 15) is 4.79 Å². The number of rotatable bonds is 6. The first-order valence-electron chi connectivity index (χ1n) is 6.89. The van der Waals surface area contributed by atoms with Gasteiger partial charge >= 0.3 is 6.16 Å². The summed E-state index contributed by atoms with van der Waals surface area (Å²) in [6.45, 7) is 13.1. The maximum Gasteiger partial charge on any atom is 0.508 e. The van der Waals surface area contributed by atoms with Crippen LogP contribution in [-0.4, -0.2) is 27.4 Å². The van der Waals surface area contributed by atoms with Crippen molar-refractivity contribution in [2.75, 3.05) is 7.11 Å². The average molecular weight is 284 g/mol. The highest BCUT2D eigenvalue weighted by Gasteiger charge is 2.27. The van der Waals surface area contributed by atoms with Crippen LogP contribution in [0.3, 0.4) is 0 Å². The van der Waals surface area contributed by atoms with Crippen LogP contribution < -0.4 is 0 Å². The fourth-order valence-corrected chi connectivity index (χ4v) is 3.25. The minimum absolute atomic E-state index is 0.211. The first kappa shape index (κ1) is 18.0. The molecule has 1 atom stereocenters. The van der Waals surface area contributed by atoms with E-state index in [4.69, 9.17) is 4.74 Å². The molecule has 0 fully saturated rings. The molecule has 0 aromatic rings. The highest BCUT2D eigenvalue weighted by atomic mass is 28.3. The van der Waals surface area contributed by atoms with Gasteiger partial charge in [-0.15, -0.1) is 5.73 Å². The molecule has 0 N–H and O–H groups in total. The van der Waals surface area contributed by atoms with Crippen molar-refractivity contribution >= 4 is 14.2 Å². The van der Waals surface area contributed by atoms with Crippen LogP contribution in [0.25, 0.3) is 0 Å². The maximum absolute atomic E-state index is 11.4. The fraction of sp³-hybridized carbons (Fsp3) is 0.733. The van der Waals surface area contributed by atoms with Crippen LogP contribution in [0.4, 0.5) is 4.79 Å². The molecular weight excluding hydrogens is 256 g/mol. The largest absolute Gasteiger partial charge is 0.508 e. The molecule has 0 aliphatic rings. The van der Waals surface area contributed by atoms with Crippen LogP contribution in [0.2, 0.25) is 25.7 Å². The van der Waals surface area contributed by atoms with Crippen molar-refractivity contribution in [1.82, 2.24) is 0 Å². The molecule has 110 valence electrons. The molecule has 19 heavy (non-hydrogen) atoms. The second-order valence-corrected chi connectivity index (χ2v) is 11.7. The topological polar surface area (TPSA) is 35.5 Å². The minimum Gasteiger partial charge on any atom is -0.438 e. The Morgan fingerprint density at radius 3 is 2.26 bits per heavy atom. The summed E-state index contributed by atoms with van der Waals surface area (Å²) in [7, 11) is 0.0450. The van der Waals surface area contributed by atoms with Gasteiger partial charge in [0.1, 0.15) is 6.10 Å². The Morgan fingerprint density at radius 2 is 1.89 bits per heavy atom. The molecule has 0 spiro atoms. The smallest absolute Gasteiger partial charge is 0.438 e. The lowest BCUT2D eigenvalue weighted by atomic mass is 10.0. The predicted octanol–water partition coefficient (Wildman–Crippen LogP) is 4.62. The Bertz CT molecular complexity index is 347. The van der Waals surface area contributed by atoms with Crippen molar-refractivity contribution in [1.29, 1.82) is 0 Å². The number of carbonyl (C=O) groups excluding carboxylic acids is 1. The minimum atomic E-state index is -1.29. The number of carbonyl (C=O) groups is 1. The van der Waals surface area contributed by atoms with E-state index in [1.165, 1.54) is 7.11 Å². The van der Waals surface area contributed by atoms with E-state index >= 15 is 0 Å². The van der Waals surface area contributed by atoms with Crippen LogP contribution in [-0.2, 0) is 9.47 Å². The number of methoxy groups -OCH3 is 1. The van der Waals surface area contributed by atoms with Crippen molar-refractivity contribution in [3.05, 3.63) is 17.4 Å². The first-order chi connectivity index (χ1) is 8.71. The zero-order chi connectivity index (χ0) is 15.1. The van der Waals surface area contributed by atoms with Gasteiger partial charge in [-0.3, -0.25) is 0 Å². The van der Waals surface area contributed by atoms with Gasteiger partial charge in [0.25, 0.3) is 0 Å². The fourth-order valence-electron chi connectivity index (χ4n) is 1.80. The molecule has 0 saturated heterocycles. The lowest BCUT2D eigenvalue weighted by Gasteiger charge is -2.26. The molecule has 3 nitrogen and oxygen atoms in total. The summed E-state index contributed by atoms with van der Waals surface area (Å²) in [6.07, 6.45) is 2.07. The number of hydrogen-bond donors (Lipinski definition) is 0. The Labute approximate surface area is 118 Å². The average Bonchev–Trinajstić information content (AvgIpc) is 2.29. The molecule has 0 amide bonds. The Balaban J connectivity index is 5.27. The van der Waals surface area contributed by atoms with E-state index in [2.05, 4.69) is 37.0 Å². The van der Waals surface area contributed by atoms with Crippen molar-refractivity contribution in [3.63, 3.8) is 0 Å². The second-order valence-electron chi connectivity index (χ2n) is 6.26. The van der Waals surface area contributed by atoms with E-state index in [1.807, 2.05) is 19.9 Å². The second kappa shape index (κ2) is 8.23. The van der Waals surface area contributed by atoms with Crippen LogP contribution in [0.15, 0.2) is 17.4 Å². The highest BCUT2D eigenvalue weighted by molar-refractivity contribution is 6.76. The van der Waals surface area contributed by atoms with Crippen LogP contribution in [0.5, 0.6) is 0 Å². The third-order valence-electron chi connectivity index (χ3n) is 2.55. The zero-order valence-corrected chi connectivity index (χ0v) is 14.4. The monoisotopic (exact) mass is 284 g/mol. The third-order valence-corrected chi connectivity index (χ3v) is 3.99. The van der Waals surface area contributed by atoms with Crippen molar-refractivity contribution < 1.29 is 14.3 Å². The molecule has 1 unspecified atom stereocenters. The molecule has 0 bridgehead atoms. The van der Waals surface area contributed by atoms with Crippen molar-refractivity contribution in [2.24, 2.45) is 5.92 Å². The van der Waals surface area contributed by atoms with E-state index in [0.717, 1.165) is 18.0 Å². The molecule has 0 aromatic heterocycles. The van der Waals surface area contributed by atoms with E-state index in [-0.39, 0.29) is 12.0 Å². The summed E-state index contributed by atoms with van der Waals surface area (Å²) >= 11 is 0. The first-order valence-corrected chi connectivity index (χ1v) is 10.6. The molecule has 4 heteroatoms. The molecule has 0 aliphatic carbocycles. The summed E-state index contributed by atoms with van der Waals surface area (Å²) in [5, 5.41) is 0. The summed E-state index contributed by atoms with van der Waals surface area (Å²) in [5.74, 6) is 0.211. The quantitative estimate of drug-likeness (QED) is 0.405. The molecule has 0 aliphatic heterocycles. The highest BCUT2D eigenvalue weighted by Crippen LogP contribution is 2.25. The lowest BCUT2D eigenvalue weighted by Crippen LogP contribution is -2.30. The predicted molar refractivity (Wildman–Crippen MR) is 82.2 cm³/mol. The molecule has 0 saturated carbocycles. The maximum atomic E-state index is 11.4. The summed E-state index contributed by atoms with van der Waals surface area (Å²) < 4.78 is 10.0. The molecule has 0 aromatic carbocycles. The van der Waals surface area contributed by atoms with Crippen molar-refractivity contribution in [2.45, 2.75) is 59.0 Å². The standard InChI is InChI=1S/C15H28O3Si/c1-8-9-10-13(11-19(5,6)7)14(12(2)3)18-15(16)17-4/h9,12,14H,8,11H2,1-7H3. The van der Waals surface area contributed by atoms with E-state index in [0.29, 0.717) is 0 Å². The summed E-state index contributed by atoms with van der Waals surface area (Å²) in [4.78, 5) is 11.4. The van der Waals surface area contributed by atoms with Gasteiger partial charge in [-0.1, -0.05) is 40.4 Å². The van der Waals surface area contributed by atoms with Gasteiger partial charge in [0.2, 0.25) is 0 Å². The lowest BCUT2D eigenvalue weighted by molar-refractivity contribution is 0.0337. The normalized spacial score (nSPS) is 12.6. The van der Waals surface area contributed by atoms with Crippen LogP contribution >= 0.6 is 0 Å². The Hall–Kier alpha value is -0.993. The van der Waals surface area contributed by atoms with E-state index < -0.39 is 14.2 Å². The summed E-state index contributed by atoms with van der Waals surface area (Å²) in [6, 6.07) is 0.976. The zero-order valence-electron chi connectivity index (χ0n) is 13.4. The summed E-state index contributed by atoms with van der Waals surface area (Å²) in [5.41, 5.74) is 4.42. The van der Waals surface area contributed by atoms with Gasteiger partial charge in [0, 0.05) is 13.6 Å². The molecule has 0 radical (unpaired) electrons. The molecular formula is C15H28O3Si. The SMILES string of the molecule is CCC=C=C(C[Si](C)(C)C)C(OC(=O)OC)C(C)C. The Morgan fingerprint density at radius 1 is 1.32 bits per heavy atom. The van der Waals surface area contributed by atoms with Gasteiger partial charge < -0.3 is 9.47 Å². The van der Waals surface area contributed by atoms with Gasteiger partial charge in [0.05, 0.1) is 7.11 Å². The third kappa shape index (κ3) is 7.91.